The zero-order valence-corrected chi connectivity index (χ0v) is 20.6. The SMILES string of the molecule is CN(C)C(=O)Cn1cc(-c2cccc(F)c2Cc2nc3n(n2)CN(c2cccc(C#N)c2F)C=C3N)cn1. The van der Waals surface area contributed by atoms with Crippen LogP contribution in [0.25, 0.3) is 16.8 Å². The number of hydrogen-bond acceptors (Lipinski definition) is 7. The van der Waals surface area contributed by atoms with Crippen LogP contribution in [0.3, 0.4) is 0 Å². The second-order valence-electron chi connectivity index (χ2n) is 8.95. The van der Waals surface area contributed by atoms with E-state index in [2.05, 4.69) is 15.2 Å². The van der Waals surface area contributed by atoms with Gasteiger partial charge in [-0.3, -0.25) is 9.48 Å². The third-order valence-corrected chi connectivity index (χ3v) is 6.16. The summed E-state index contributed by atoms with van der Waals surface area (Å²) in [7, 11) is 3.33. The van der Waals surface area contributed by atoms with Crippen molar-refractivity contribution < 1.29 is 13.6 Å². The molecule has 2 N–H and O–H groups in total. The van der Waals surface area contributed by atoms with Crippen molar-refractivity contribution >= 4 is 17.3 Å². The highest BCUT2D eigenvalue weighted by molar-refractivity contribution is 5.75. The molecule has 0 saturated carbocycles. The highest BCUT2D eigenvalue weighted by atomic mass is 19.1. The molecular formula is C26H23F2N9O. The average molecular weight is 516 g/mol. The minimum Gasteiger partial charge on any atom is -0.394 e. The molecule has 1 amide bonds. The highest BCUT2D eigenvalue weighted by Crippen LogP contribution is 2.29. The second-order valence-corrected chi connectivity index (χ2v) is 8.95. The van der Waals surface area contributed by atoms with Crippen LogP contribution in [0.5, 0.6) is 0 Å². The number of benzene rings is 2. The molecule has 1 aliphatic rings. The molecule has 2 aromatic carbocycles. The van der Waals surface area contributed by atoms with Crippen molar-refractivity contribution in [2.45, 2.75) is 19.6 Å². The number of rotatable bonds is 6. The van der Waals surface area contributed by atoms with Crippen LogP contribution in [-0.2, 0) is 24.4 Å². The lowest BCUT2D eigenvalue weighted by Gasteiger charge is -2.26. The van der Waals surface area contributed by atoms with E-state index in [4.69, 9.17) is 11.0 Å². The van der Waals surface area contributed by atoms with Gasteiger partial charge in [-0.25, -0.2) is 18.4 Å². The Kier molecular flexibility index (Phi) is 6.34. The smallest absolute Gasteiger partial charge is 0.243 e. The summed E-state index contributed by atoms with van der Waals surface area (Å²) >= 11 is 0. The van der Waals surface area contributed by atoms with Gasteiger partial charge in [0, 0.05) is 44.0 Å². The molecule has 5 rings (SSSR count). The first-order valence-electron chi connectivity index (χ1n) is 11.6. The van der Waals surface area contributed by atoms with E-state index in [1.54, 1.807) is 50.8 Å². The Morgan fingerprint density at radius 1 is 1.21 bits per heavy atom. The van der Waals surface area contributed by atoms with Gasteiger partial charge in [-0.2, -0.15) is 15.5 Å². The van der Waals surface area contributed by atoms with Gasteiger partial charge in [-0.15, -0.1) is 0 Å². The maximum atomic E-state index is 15.0. The molecule has 1 aliphatic heterocycles. The van der Waals surface area contributed by atoms with E-state index in [0.29, 0.717) is 28.3 Å². The summed E-state index contributed by atoms with van der Waals surface area (Å²) in [6, 6.07) is 11.1. The molecule has 2 aromatic heterocycles. The molecule has 10 nitrogen and oxygen atoms in total. The van der Waals surface area contributed by atoms with Crippen molar-refractivity contribution in [3.05, 3.63) is 89.4 Å². The van der Waals surface area contributed by atoms with Crippen LogP contribution in [0.15, 0.2) is 55.0 Å². The average Bonchev–Trinajstić information content (AvgIpc) is 3.52. The van der Waals surface area contributed by atoms with Gasteiger partial charge in [-0.1, -0.05) is 18.2 Å². The molecule has 0 radical (unpaired) electrons. The first-order chi connectivity index (χ1) is 18.2. The zero-order valence-electron chi connectivity index (χ0n) is 20.6. The number of nitriles is 1. The van der Waals surface area contributed by atoms with Crippen molar-refractivity contribution in [2.24, 2.45) is 5.73 Å². The van der Waals surface area contributed by atoms with Gasteiger partial charge in [0.1, 0.15) is 25.1 Å². The molecule has 12 heteroatoms. The highest BCUT2D eigenvalue weighted by Gasteiger charge is 2.24. The molecule has 4 aromatic rings. The summed E-state index contributed by atoms with van der Waals surface area (Å²) in [4.78, 5) is 19.5. The van der Waals surface area contributed by atoms with Crippen LogP contribution in [0, 0.1) is 23.0 Å². The number of carbonyl (C=O) groups is 1. The number of nitrogens with two attached hydrogens (primary N) is 1. The Bertz CT molecular complexity index is 1610. The summed E-state index contributed by atoms with van der Waals surface area (Å²) in [5.74, 6) is -0.516. The van der Waals surface area contributed by atoms with Gasteiger partial charge in [0.05, 0.1) is 23.1 Å². The summed E-state index contributed by atoms with van der Waals surface area (Å²) in [6.45, 7) is 0.165. The summed E-state index contributed by atoms with van der Waals surface area (Å²) in [5, 5.41) is 17.9. The second kappa shape index (κ2) is 9.78. The number of amides is 1. The summed E-state index contributed by atoms with van der Waals surface area (Å²) in [5.41, 5.74) is 8.16. The lowest BCUT2D eigenvalue weighted by Crippen LogP contribution is -2.29. The van der Waals surface area contributed by atoms with Crippen LogP contribution >= 0.6 is 0 Å². The molecule has 192 valence electrons. The summed E-state index contributed by atoms with van der Waals surface area (Å²) < 4.78 is 32.8. The third kappa shape index (κ3) is 4.57. The number of nitrogens with zero attached hydrogens (tertiary/aromatic N) is 8. The molecule has 0 aliphatic carbocycles. The van der Waals surface area contributed by atoms with E-state index in [9.17, 15) is 9.18 Å². The fourth-order valence-electron chi connectivity index (χ4n) is 4.20. The fraction of sp³-hybridized carbons (Fsp3) is 0.192. The molecule has 0 unspecified atom stereocenters. The monoisotopic (exact) mass is 515 g/mol. The van der Waals surface area contributed by atoms with Crippen molar-refractivity contribution in [1.82, 2.24) is 29.4 Å². The number of likely N-dealkylation sites (N-methyl/N-ethyl adjacent to an activating group) is 1. The van der Waals surface area contributed by atoms with Gasteiger partial charge in [-0.05, 0) is 23.8 Å². The van der Waals surface area contributed by atoms with Crippen LogP contribution in [0.2, 0.25) is 0 Å². The summed E-state index contributed by atoms with van der Waals surface area (Å²) in [6.07, 6.45) is 4.86. The van der Waals surface area contributed by atoms with E-state index in [1.807, 2.05) is 6.07 Å². The number of fused-ring (bicyclic) bond motifs is 1. The molecule has 0 spiro atoms. The van der Waals surface area contributed by atoms with Crippen molar-refractivity contribution in [3.8, 4) is 17.2 Å². The normalized spacial score (nSPS) is 12.6. The standard InChI is InChI=1S/C26H23F2N9O/c1-34(2)24(38)14-36-12-17(11-31-36)18-6-4-7-20(27)19(18)9-23-32-26-21(30)13-35(15-37(26)33-23)22-8-3-5-16(10-29)25(22)28/h3-8,11-13H,9,14-15,30H2,1-2H3. The molecular weight excluding hydrogens is 492 g/mol. The van der Waals surface area contributed by atoms with Gasteiger partial charge >= 0.3 is 0 Å². The van der Waals surface area contributed by atoms with E-state index >= 15 is 4.39 Å². The van der Waals surface area contributed by atoms with Crippen LogP contribution in [-0.4, -0.2) is 49.4 Å². The third-order valence-electron chi connectivity index (χ3n) is 6.16. The minimum absolute atomic E-state index is 0.0625. The molecule has 0 saturated heterocycles. The largest absolute Gasteiger partial charge is 0.394 e. The predicted molar refractivity (Wildman–Crippen MR) is 135 cm³/mol. The molecule has 3 heterocycles. The van der Waals surface area contributed by atoms with Crippen LogP contribution in [0.1, 0.15) is 22.8 Å². The Morgan fingerprint density at radius 2 is 2.00 bits per heavy atom. The van der Waals surface area contributed by atoms with Gasteiger partial charge < -0.3 is 15.5 Å². The Balaban J connectivity index is 1.43. The lowest BCUT2D eigenvalue weighted by atomic mass is 9.99. The van der Waals surface area contributed by atoms with Crippen LogP contribution < -0.4 is 10.6 Å². The van der Waals surface area contributed by atoms with Gasteiger partial charge in [0.15, 0.2) is 17.5 Å². The number of aromatic nitrogens is 5. The van der Waals surface area contributed by atoms with Crippen molar-refractivity contribution in [2.75, 3.05) is 19.0 Å². The maximum Gasteiger partial charge on any atom is 0.243 e. The molecule has 38 heavy (non-hydrogen) atoms. The first kappa shape index (κ1) is 24.6. The molecule has 0 fully saturated rings. The lowest BCUT2D eigenvalue weighted by molar-refractivity contribution is -0.129. The van der Waals surface area contributed by atoms with E-state index < -0.39 is 11.6 Å². The Labute approximate surface area is 216 Å². The number of carbonyl (C=O) groups excluding carboxylic acids is 1. The topological polar surface area (TPSA) is 122 Å². The molecule has 0 atom stereocenters. The molecule has 0 bridgehead atoms. The quantitative estimate of drug-likeness (QED) is 0.419. The fourth-order valence-corrected chi connectivity index (χ4v) is 4.20. The van der Waals surface area contributed by atoms with Gasteiger partial charge in [0.25, 0.3) is 0 Å². The minimum atomic E-state index is -0.660. The number of hydrogen-bond donors (Lipinski definition) is 1. The zero-order chi connectivity index (χ0) is 27.0. The number of halogens is 2. The Morgan fingerprint density at radius 3 is 2.76 bits per heavy atom. The van der Waals surface area contributed by atoms with Crippen molar-refractivity contribution in [1.29, 1.82) is 5.26 Å². The predicted octanol–water partition coefficient (Wildman–Crippen LogP) is 2.71. The first-order valence-corrected chi connectivity index (χ1v) is 11.6. The Hall–Kier alpha value is -5.05. The van der Waals surface area contributed by atoms with Crippen LogP contribution in [0.4, 0.5) is 14.5 Å². The number of anilines is 1. The maximum absolute atomic E-state index is 15.0. The van der Waals surface area contributed by atoms with E-state index in [-0.39, 0.29) is 42.5 Å². The van der Waals surface area contributed by atoms with E-state index in [0.717, 1.165) is 0 Å². The van der Waals surface area contributed by atoms with E-state index in [1.165, 1.54) is 37.5 Å². The van der Waals surface area contributed by atoms with Crippen molar-refractivity contribution in [3.63, 3.8) is 0 Å². The van der Waals surface area contributed by atoms with Gasteiger partial charge in [0.2, 0.25) is 5.91 Å².